The maximum Gasteiger partial charge on any atom is 0.319 e. The largest absolute Gasteiger partial charge is 0.365 e. The number of anilines is 2. The second-order valence-corrected chi connectivity index (χ2v) is 5.57. The molecule has 0 aliphatic carbocycles. The minimum absolute atomic E-state index is 0.295. The van der Waals surface area contributed by atoms with Crippen molar-refractivity contribution in [2.75, 3.05) is 17.7 Å². The van der Waals surface area contributed by atoms with E-state index < -0.39 is 0 Å². The quantitative estimate of drug-likeness (QED) is 0.672. The Morgan fingerprint density at radius 3 is 2.87 bits per heavy atom. The van der Waals surface area contributed by atoms with E-state index in [1.807, 2.05) is 42.8 Å². The summed E-state index contributed by atoms with van der Waals surface area (Å²) in [5, 5.41) is 15.4. The minimum Gasteiger partial charge on any atom is -0.365 e. The topological polar surface area (TPSA) is 83.9 Å². The molecule has 2 amide bonds. The lowest BCUT2D eigenvalue weighted by molar-refractivity contribution is 0.251. The standard InChI is InChI=1S/C15H16N6OS/c1-16-15-20-12(10-23-15)7-17-14(22)19-11-8-18-21(9-11)13-5-3-2-4-6-13/h2-6,8-10H,7H2,1H3,(H,16,20)(H2,17,19,22). The van der Waals surface area contributed by atoms with Crippen molar-refractivity contribution in [1.29, 1.82) is 0 Å². The molecule has 0 aliphatic heterocycles. The molecule has 0 spiro atoms. The molecule has 3 N–H and O–H groups in total. The molecular weight excluding hydrogens is 312 g/mol. The Bertz CT molecular complexity index is 782. The molecule has 2 heterocycles. The number of hydrogen-bond donors (Lipinski definition) is 3. The van der Waals surface area contributed by atoms with E-state index in [1.54, 1.807) is 17.1 Å². The molecule has 7 nitrogen and oxygen atoms in total. The van der Waals surface area contributed by atoms with Gasteiger partial charge in [-0.15, -0.1) is 11.3 Å². The predicted molar refractivity (Wildman–Crippen MR) is 91.1 cm³/mol. The third-order valence-corrected chi connectivity index (χ3v) is 3.97. The lowest BCUT2D eigenvalue weighted by Gasteiger charge is -2.04. The van der Waals surface area contributed by atoms with Gasteiger partial charge in [-0.2, -0.15) is 5.10 Å². The van der Waals surface area contributed by atoms with Crippen LogP contribution < -0.4 is 16.0 Å². The van der Waals surface area contributed by atoms with Gasteiger partial charge < -0.3 is 16.0 Å². The zero-order valence-electron chi connectivity index (χ0n) is 12.5. The second kappa shape index (κ2) is 6.93. The fourth-order valence-corrected chi connectivity index (χ4v) is 2.63. The predicted octanol–water partition coefficient (Wildman–Crippen LogP) is 2.69. The molecule has 3 rings (SSSR count). The van der Waals surface area contributed by atoms with Crippen molar-refractivity contribution < 1.29 is 4.79 Å². The van der Waals surface area contributed by atoms with Gasteiger partial charge in [0.15, 0.2) is 5.13 Å². The highest BCUT2D eigenvalue weighted by Gasteiger charge is 2.06. The average Bonchev–Trinajstić information content (AvgIpc) is 3.23. The molecule has 0 fully saturated rings. The van der Waals surface area contributed by atoms with Gasteiger partial charge >= 0.3 is 6.03 Å². The lowest BCUT2D eigenvalue weighted by Crippen LogP contribution is -2.28. The number of nitrogens with zero attached hydrogens (tertiary/aromatic N) is 3. The van der Waals surface area contributed by atoms with Crippen LogP contribution >= 0.6 is 11.3 Å². The van der Waals surface area contributed by atoms with Crippen LogP contribution in [0.5, 0.6) is 0 Å². The van der Waals surface area contributed by atoms with Gasteiger partial charge in [0, 0.05) is 12.4 Å². The molecule has 8 heteroatoms. The summed E-state index contributed by atoms with van der Waals surface area (Å²) >= 11 is 1.50. The summed E-state index contributed by atoms with van der Waals surface area (Å²) in [6.07, 6.45) is 3.37. The average molecular weight is 328 g/mol. The maximum atomic E-state index is 11.9. The van der Waals surface area contributed by atoms with Crippen LogP contribution in [0.15, 0.2) is 48.1 Å². The molecular formula is C15H16N6OS. The summed E-state index contributed by atoms with van der Waals surface area (Å²) in [5.41, 5.74) is 2.37. The number of carbonyl (C=O) groups excluding carboxylic acids is 1. The number of hydrogen-bond acceptors (Lipinski definition) is 5. The summed E-state index contributed by atoms with van der Waals surface area (Å²) in [4.78, 5) is 16.2. The van der Waals surface area contributed by atoms with Crippen LogP contribution in [-0.4, -0.2) is 27.8 Å². The van der Waals surface area contributed by atoms with E-state index in [1.165, 1.54) is 11.3 Å². The zero-order valence-corrected chi connectivity index (χ0v) is 13.3. The summed E-state index contributed by atoms with van der Waals surface area (Å²) in [7, 11) is 1.81. The van der Waals surface area contributed by atoms with Gasteiger partial charge in [0.05, 0.1) is 36.0 Å². The number of thiazole rings is 1. The number of aromatic nitrogens is 3. The van der Waals surface area contributed by atoms with Crippen LogP contribution in [-0.2, 0) is 6.54 Å². The van der Waals surface area contributed by atoms with Crippen LogP contribution in [0.2, 0.25) is 0 Å². The van der Waals surface area contributed by atoms with Crippen molar-refractivity contribution in [2.45, 2.75) is 6.54 Å². The molecule has 0 aliphatic rings. The van der Waals surface area contributed by atoms with E-state index in [2.05, 4.69) is 26.0 Å². The van der Waals surface area contributed by atoms with Gasteiger partial charge in [-0.1, -0.05) is 18.2 Å². The van der Waals surface area contributed by atoms with Crippen molar-refractivity contribution in [1.82, 2.24) is 20.1 Å². The summed E-state index contributed by atoms with van der Waals surface area (Å²) < 4.78 is 1.70. The molecule has 1 aromatic carbocycles. The molecule has 0 saturated heterocycles. The first-order valence-electron chi connectivity index (χ1n) is 7.01. The SMILES string of the molecule is CNc1nc(CNC(=O)Nc2cnn(-c3ccccc3)c2)cs1. The van der Waals surface area contributed by atoms with Crippen molar-refractivity contribution in [3.8, 4) is 5.69 Å². The third-order valence-electron chi connectivity index (χ3n) is 3.06. The Morgan fingerprint density at radius 2 is 2.13 bits per heavy atom. The van der Waals surface area contributed by atoms with Crippen molar-refractivity contribution in [3.63, 3.8) is 0 Å². The van der Waals surface area contributed by atoms with E-state index in [-0.39, 0.29) is 6.03 Å². The number of benzene rings is 1. The van der Waals surface area contributed by atoms with Crippen molar-refractivity contribution >= 4 is 28.2 Å². The third kappa shape index (κ3) is 3.86. The Balaban J connectivity index is 1.55. The monoisotopic (exact) mass is 328 g/mol. The van der Waals surface area contributed by atoms with Gasteiger partial charge in [0.25, 0.3) is 0 Å². The number of rotatable bonds is 5. The van der Waals surface area contributed by atoms with Crippen LogP contribution in [0.1, 0.15) is 5.69 Å². The Labute approximate surface area is 137 Å². The zero-order chi connectivity index (χ0) is 16.1. The Hall–Kier alpha value is -2.87. The number of carbonyl (C=O) groups is 1. The molecule has 118 valence electrons. The number of para-hydroxylation sites is 1. The first-order chi connectivity index (χ1) is 11.2. The van der Waals surface area contributed by atoms with Crippen LogP contribution in [0, 0.1) is 0 Å². The molecule has 2 aromatic heterocycles. The molecule has 23 heavy (non-hydrogen) atoms. The number of amides is 2. The van der Waals surface area contributed by atoms with Gasteiger partial charge in [-0.25, -0.2) is 14.5 Å². The van der Waals surface area contributed by atoms with E-state index in [9.17, 15) is 4.79 Å². The van der Waals surface area contributed by atoms with E-state index in [4.69, 9.17) is 0 Å². The van der Waals surface area contributed by atoms with Crippen LogP contribution in [0.25, 0.3) is 5.69 Å². The maximum absolute atomic E-state index is 11.9. The first-order valence-corrected chi connectivity index (χ1v) is 7.89. The minimum atomic E-state index is -0.295. The van der Waals surface area contributed by atoms with Gasteiger partial charge in [-0.3, -0.25) is 0 Å². The molecule has 3 aromatic rings. The highest BCUT2D eigenvalue weighted by atomic mass is 32.1. The molecule has 0 unspecified atom stereocenters. The smallest absolute Gasteiger partial charge is 0.319 e. The van der Waals surface area contributed by atoms with Gasteiger partial charge in [0.2, 0.25) is 0 Å². The highest BCUT2D eigenvalue weighted by Crippen LogP contribution is 2.14. The fraction of sp³-hybridized carbons (Fsp3) is 0.133. The van der Waals surface area contributed by atoms with Crippen LogP contribution in [0.3, 0.4) is 0 Å². The Morgan fingerprint density at radius 1 is 1.30 bits per heavy atom. The molecule has 0 bridgehead atoms. The molecule has 0 radical (unpaired) electrons. The summed E-state index contributed by atoms with van der Waals surface area (Å²) in [6, 6.07) is 9.40. The first kappa shape index (κ1) is 15.0. The highest BCUT2D eigenvalue weighted by molar-refractivity contribution is 7.13. The summed E-state index contributed by atoms with van der Waals surface area (Å²) in [6.45, 7) is 0.372. The van der Waals surface area contributed by atoms with Crippen molar-refractivity contribution in [2.24, 2.45) is 0 Å². The normalized spacial score (nSPS) is 10.3. The number of nitrogens with one attached hydrogen (secondary N) is 3. The fourth-order valence-electron chi connectivity index (χ4n) is 1.96. The van der Waals surface area contributed by atoms with Gasteiger partial charge in [-0.05, 0) is 12.1 Å². The van der Waals surface area contributed by atoms with Crippen molar-refractivity contribution in [3.05, 3.63) is 53.8 Å². The molecule has 0 saturated carbocycles. The second-order valence-electron chi connectivity index (χ2n) is 4.71. The van der Waals surface area contributed by atoms with Gasteiger partial charge in [0.1, 0.15) is 0 Å². The summed E-state index contributed by atoms with van der Waals surface area (Å²) in [5.74, 6) is 0. The van der Waals surface area contributed by atoms with E-state index in [0.29, 0.717) is 12.2 Å². The Kier molecular flexibility index (Phi) is 4.53. The number of urea groups is 1. The van der Waals surface area contributed by atoms with Crippen LogP contribution in [0.4, 0.5) is 15.6 Å². The van der Waals surface area contributed by atoms with E-state index >= 15 is 0 Å². The lowest BCUT2D eigenvalue weighted by atomic mass is 10.3. The van der Waals surface area contributed by atoms with E-state index in [0.717, 1.165) is 16.5 Å². The molecule has 0 atom stereocenters.